The average Bonchev–Trinajstić information content (AvgIpc) is 2.44. The molecule has 2 nitrogen and oxygen atoms in total. The van der Waals surface area contributed by atoms with Crippen LogP contribution in [0.3, 0.4) is 0 Å². The van der Waals surface area contributed by atoms with E-state index in [9.17, 15) is 13.9 Å². The Morgan fingerprint density at radius 3 is 2.50 bits per heavy atom. The highest BCUT2D eigenvalue weighted by Crippen LogP contribution is 2.36. The van der Waals surface area contributed by atoms with Gasteiger partial charge in [-0.15, -0.1) is 0 Å². The predicted molar refractivity (Wildman–Crippen MR) is 73.8 cm³/mol. The van der Waals surface area contributed by atoms with Crippen LogP contribution in [-0.2, 0) is 0 Å². The van der Waals surface area contributed by atoms with Gasteiger partial charge in [-0.25, -0.2) is 13.8 Å². The van der Waals surface area contributed by atoms with Crippen molar-refractivity contribution < 1.29 is 13.9 Å². The Balaban J connectivity index is 2.38. The van der Waals surface area contributed by atoms with Crippen molar-refractivity contribution in [1.82, 2.24) is 4.98 Å². The zero-order valence-electron chi connectivity index (χ0n) is 10.1. The number of benzene rings is 2. The summed E-state index contributed by atoms with van der Waals surface area (Å²) in [6.07, 6.45) is 0.877. The lowest BCUT2D eigenvalue weighted by molar-refractivity contribution is 0.477. The fourth-order valence-electron chi connectivity index (χ4n) is 2.14. The zero-order chi connectivity index (χ0) is 14.3. The van der Waals surface area contributed by atoms with Crippen LogP contribution in [0.15, 0.2) is 42.6 Å². The first kappa shape index (κ1) is 12.8. The first-order chi connectivity index (χ1) is 9.59. The van der Waals surface area contributed by atoms with Gasteiger partial charge in [-0.1, -0.05) is 41.9 Å². The highest BCUT2D eigenvalue weighted by Gasteiger charge is 2.17. The van der Waals surface area contributed by atoms with Gasteiger partial charge in [0.2, 0.25) is 0 Å². The SMILES string of the molecule is Oc1ccccc1-c1ccc2c(Cl)ncc(F)c2c1F. The maximum absolute atomic E-state index is 14.5. The molecule has 0 unspecified atom stereocenters. The Hall–Kier alpha value is -2.20. The van der Waals surface area contributed by atoms with Crippen molar-refractivity contribution >= 4 is 22.4 Å². The molecule has 1 aromatic heterocycles. The minimum atomic E-state index is -0.792. The van der Waals surface area contributed by atoms with E-state index >= 15 is 0 Å². The van der Waals surface area contributed by atoms with Gasteiger partial charge in [0.1, 0.15) is 16.7 Å². The van der Waals surface area contributed by atoms with Crippen molar-refractivity contribution in [2.75, 3.05) is 0 Å². The summed E-state index contributed by atoms with van der Waals surface area (Å²) in [5, 5.41) is 9.78. The second kappa shape index (κ2) is 4.72. The number of phenols is 1. The van der Waals surface area contributed by atoms with Gasteiger partial charge in [-0.2, -0.15) is 0 Å². The summed E-state index contributed by atoms with van der Waals surface area (Å²) in [5.74, 6) is -1.64. The molecule has 0 radical (unpaired) electrons. The molecule has 0 aliphatic rings. The van der Waals surface area contributed by atoms with Gasteiger partial charge >= 0.3 is 0 Å². The van der Waals surface area contributed by atoms with Crippen molar-refractivity contribution in [3.63, 3.8) is 0 Å². The first-order valence-electron chi connectivity index (χ1n) is 5.80. The van der Waals surface area contributed by atoms with Gasteiger partial charge in [0, 0.05) is 16.5 Å². The van der Waals surface area contributed by atoms with Crippen LogP contribution in [-0.4, -0.2) is 10.1 Å². The van der Waals surface area contributed by atoms with Crippen molar-refractivity contribution in [3.05, 3.63) is 59.4 Å². The molecule has 0 amide bonds. The second-order valence-corrected chi connectivity index (χ2v) is 4.62. The van der Waals surface area contributed by atoms with Crippen LogP contribution in [0.5, 0.6) is 5.75 Å². The Morgan fingerprint density at radius 2 is 1.75 bits per heavy atom. The molecule has 0 aliphatic carbocycles. The first-order valence-corrected chi connectivity index (χ1v) is 6.18. The number of hydrogen-bond acceptors (Lipinski definition) is 2. The molecule has 3 rings (SSSR count). The summed E-state index contributed by atoms with van der Waals surface area (Å²) in [6.45, 7) is 0. The smallest absolute Gasteiger partial charge is 0.152 e. The number of fused-ring (bicyclic) bond motifs is 1. The lowest BCUT2D eigenvalue weighted by Gasteiger charge is -2.09. The topological polar surface area (TPSA) is 33.1 Å². The second-order valence-electron chi connectivity index (χ2n) is 4.26. The van der Waals surface area contributed by atoms with Gasteiger partial charge in [0.05, 0.1) is 11.6 Å². The van der Waals surface area contributed by atoms with E-state index in [-0.39, 0.29) is 27.2 Å². The van der Waals surface area contributed by atoms with E-state index in [1.54, 1.807) is 18.2 Å². The van der Waals surface area contributed by atoms with E-state index < -0.39 is 11.6 Å². The average molecular weight is 292 g/mol. The fourth-order valence-corrected chi connectivity index (χ4v) is 2.34. The molecule has 0 saturated heterocycles. The third-order valence-corrected chi connectivity index (χ3v) is 3.39. The summed E-state index contributed by atoms with van der Waals surface area (Å²) >= 11 is 5.84. The molecule has 2 aromatic carbocycles. The quantitative estimate of drug-likeness (QED) is 0.668. The largest absolute Gasteiger partial charge is 0.507 e. The molecule has 3 aromatic rings. The van der Waals surface area contributed by atoms with Crippen molar-refractivity contribution in [1.29, 1.82) is 0 Å². The Kier molecular flexibility index (Phi) is 3.03. The highest BCUT2D eigenvalue weighted by molar-refractivity contribution is 6.34. The number of nitrogens with zero attached hydrogens (tertiary/aromatic N) is 1. The summed E-state index contributed by atoms with van der Waals surface area (Å²) in [4.78, 5) is 3.64. The minimum Gasteiger partial charge on any atom is -0.507 e. The Labute approximate surface area is 118 Å². The van der Waals surface area contributed by atoms with Crippen molar-refractivity contribution in [2.45, 2.75) is 0 Å². The molecular weight excluding hydrogens is 284 g/mol. The van der Waals surface area contributed by atoms with E-state index in [4.69, 9.17) is 11.6 Å². The van der Waals surface area contributed by atoms with Crippen LogP contribution >= 0.6 is 11.6 Å². The van der Waals surface area contributed by atoms with Crippen LogP contribution in [0.25, 0.3) is 21.9 Å². The maximum atomic E-state index is 14.5. The van der Waals surface area contributed by atoms with Crippen molar-refractivity contribution in [3.8, 4) is 16.9 Å². The van der Waals surface area contributed by atoms with Crippen LogP contribution in [0, 0.1) is 11.6 Å². The van der Waals surface area contributed by atoms with E-state index in [0.29, 0.717) is 5.56 Å². The molecule has 100 valence electrons. The number of pyridine rings is 1. The molecule has 0 saturated carbocycles. The van der Waals surface area contributed by atoms with Gasteiger partial charge in [-0.05, 0) is 6.07 Å². The summed E-state index contributed by atoms with van der Waals surface area (Å²) in [5.41, 5.74) is 0.399. The summed E-state index contributed by atoms with van der Waals surface area (Å²) in [6, 6.07) is 9.21. The third kappa shape index (κ3) is 1.89. The van der Waals surface area contributed by atoms with Crippen LogP contribution in [0.1, 0.15) is 0 Å². The number of rotatable bonds is 1. The summed E-state index contributed by atoms with van der Waals surface area (Å²) in [7, 11) is 0. The van der Waals surface area contributed by atoms with E-state index in [2.05, 4.69) is 4.98 Å². The molecule has 0 spiro atoms. The number of phenolic OH excluding ortho intramolecular Hbond substituents is 1. The lowest BCUT2D eigenvalue weighted by atomic mass is 10.0. The van der Waals surface area contributed by atoms with Gasteiger partial charge in [0.25, 0.3) is 0 Å². The number of halogens is 3. The van der Waals surface area contributed by atoms with Crippen LogP contribution < -0.4 is 0 Å². The molecule has 5 heteroatoms. The highest BCUT2D eigenvalue weighted by atomic mass is 35.5. The lowest BCUT2D eigenvalue weighted by Crippen LogP contribution is -1.92. The molecule has 0 bridgehead atoms. The number of hydrogen-bond donors (Lipinski definition) is 1. The van der Waals surface area contributed by atoms with Crippen LogP contribution in [0.4, 0.5) is 8.78 Å². The minimum absolute atomic E-state index is 0.0316. The van der Waals surface area contributed by atoms with E-state index in [1.165, 1.54) is 18.2 Å². The molecule has 1 N–H and O–H groups in total. The normalized spacial score (nSPS) is 10.9. The summed E-state index contributed by atoms with van der Waals surface area (Å²) < 4.78 is 28.3. The van der Waals surface area contributed by atoms with Gasteiger partial charge in [-0.3, -0.25) is 0 Å². The van der Waals surface area contributed by atoms with Crippen LogP contribution in [0.2, 0.25) is 5.15 Å². The molecule has 1 heterocycles. The maximum Gasteiger partial charge on any atom is 0.152 e. The van der Waals surface area contributed by atoms with E-state index in [0.717, 1.165) is 6.20 Å². The Bertz CT molecular complexity index is 820. The Morgan fingerprint density at radius 1 is 1.00 bits per heavy atom. The zero-order valence-corrected chi connectivity index (χ0v) is 10.8. The third-order valence-electron chi connectivity index (χ3n) is 3.09. The number of aromatic hydroxyl groups is 1. The van der Waals surface area contributed by atoms with Crippen molar-refractivity contribution in [2.24, 2.45) is 0 Å². The predicted octanol–water partition coefficient (Wildman–Crippen LogP) is 4.54. The van der Waals surface area contributed by atoms with Gasteiger partial charge in [0.15, 0.2) is 5.82 Å². The molecule has 20 heavy (non-hydrogen) atoms. The van der Waals surface area contributed by atoms with Gasteiger partial charge < -0.3 is 5.11 Å². The fraction of sp³-hybridized carbons (Fsp3) is 0. The number of para-hydroxylation sites is 1. The molecule has 0 fully saturated rings. The molecule has 0 atom stereocenters. The standard InChI is InChI=1S/C15H8ClF2NO/c16-15-10-6-5-9(8-3-1-2-4-12(8)20)14(18)13(10)11(17)7-19-15/h1-7,20H. The number of aromatic nitrogens is 1. The molecule has 0 aliphatic heterocycles. The molecular formula is C15H8ClF2NO. The van der Waals surface area contributed by atoms with E-state index in [1.807, 2.05) is 0 Å². The monoisotopic (exact) mass is 291 g/mol.